The van der Waals surface area contributed by atoms with E-state index in [2.05, 4.69) is 60.9 Å². The van der Waals surface area contributed by atoms with Gasteiger partial charge in [0, 0.05) is 28.4 Å². The monoisotopic (exact) mass is 346 g/mol. The van der Waals surface area contributed by atoms with Crippen molar-refractivity contribution in [2.45, 2.75) is 45.9 Å². The van der Waals surface area contributed by atoms with Gasteiger partial charge in [-0.15, -0.1) is 12.4 Å². The zero-order chi connectivity index (χ0) is 16.6. The molecule has 0 aliphatic carbocycles. The van der Waals surface area contributed by atoms with Crippen molar-refractivity contribution in [1.82, 2.24) is 4.57 Å². The molecule has 3 N–H and O–H groups in total. The van der Waals surface area contributed by atoms with E-state index >= 15 is 0 Å². The van der Waals surface area contributed by atoms with Crippen LogP contribution in [0.5, 0.6) is 0 Å². The number of benzene rings is 2. The van der Waals surface area contributed by atoms with Gasteiger partial charge in [-0.25, -0.2) is 0 Å². The van der Waals surface area contributed by atoms with Gasteiger partial charge in [-0.3, -0.25) is 0 Å². The van der Waals surface area contributed by atoms with Crippen molar-refractivity contribution in [1.29, 1.82) is 0 Å². The van der Waals surface area contributed by atoms with E-state index in [0.29, 0.717) is 0 Å². The van der Waals surface area contributed by atoms with E-state index in [1.54, 1.807) is 0 Å². The molecule has 0 spiro atoms. The van der Waals surface area contributed by atoms with Crippen molar-refractivity contribution in [2.75, 3.05) is 0 Å². The van der Waals surface area contributed by atoms with Crippen molar-refractivity contribution in [2.24, 2.45) is 11.7 Å². The number of nitrogens with two attached hydrogens (primary N) is 1. The molecule has 0 saturated heterocycles. The molecule has 1 aromatic heterocycles. The minimum atomic E-state index is -0.517. The van der Waals surface area contributed by atoms with E-state index in [9.17, 15) is 5.11 Å². The van der Waals surface area contributed by atoms with Crippen molar-refractivity contribution in [3.8, 4) is 0 Å². The predicted molar refractivity (Wildman–Crippen MR) is 105 cm³/mol. The van der Waals surface area contributed by atoms with E-state index in [-0.39, 0.29) is 24.4 Å². The first-order valence-electron chi connectivity index (χ1n) is 8.53. The molecule has 1 heterocycles. The fourth-order valence-corrected chi connectivity index (χ4v) is 3.41. The lowest BCUT2D eigenvalue weighted by molar-refractivity contribution is 0.0880. The molecular weight excluding hydrogens is 320 g/mol. The summed E-state index contributed by atoms with van der Waals surface area (Å²) in [6, 6.07) is 14.5. The SMILES string of the molecule is CCC(C)[C@@H](O)[C@@H](N)c1ccc2c(c1)c1ccccc1n2CC.Cl. The first kappa shape index (κ1) is 18.8. The van der Waals surface area contributed by atoms with E-state index < -0.39 is 6.10 Å². The van der Waals surface area contributed by atoms with E-state index in [1.165, 1.54) is 21.8 Å². The second-order valence-electron chi connectivity index (χ2n) is 6.44. The fraction of sp³-hybridized carbons (Fsp3) is 0.400. The molecule has 3 atom stereocenters. The van der Waals surface area contributed by atoms with Crippen LogP contribution in [-0.4, -0.2) is 15.8 Å². The Bertz CT molecular complexity index is 827. The van der Waals surface area contributed by atoms with Gasteiger partial charge in [-0.1, -0.05) is 44.5 Å². The summed E-state index contributed by atoms with van der Waals surface area (Å²) < 4.78 is 2.32. The number of aryl methyl sites for hydroxylation is 1. The number of aromatic nitrogens is 1. The number of aliphatic hydroxyl groups is 1. The standard InChI is InChI=1S/C20H26N2O.ClH/c1-4-13(3)20(23)19(21)14-10-11-18-16(12-14)15-8-6-7-9-17(15)22(18)5-2;/h6-13,19-20,23H,4-5,21H2,1-3H3;1H/t13?,19-,20+;/m0./s1. The summed E-state index contributed by atoms with van der Waals surface area (Å²) in [5, 5.41) is 12.9. The Labute approximate surface area is 149 Å². The normalized spacial score (nSPS) is 15.2. The smallest absolute Gasteiger partial charge is 0.0758 e. The Balaban J connectivity index is 0.00000208. The molecule has 0 saturated carbocycles. The molecule has 0 aliphatic heterocycles. The number of aliphatic hydroxyl groups excluding tert-OH is 1. The molecule has 0 bridgehead atoms. The molecule has 0 aliphatic rings. The summed E-state index contributed by atoms with van der Waals surface area (Å²) >= 11 is 0. The van der Waals surface area contributed by atoms with Crippen molar-refractivity contribution in [3.63, 3.8) is 0 Å². The quantitative estimate of drug-likeness (QED) is 0.706. The highest BCUT2D eigenvalue weighted by molar-refractivity contribution is 6.08. The van der Waals surface area contributed by atoms with Crippen LogP contribution in [0.1, 0.15) is 38.8 Å². The fourth-order valence-electron chi connectivity index (χ4n) is 3.41. The van der Waals surface area contributed by atoms with E-state index in [4.69, 9.17) is 5.73 Å². The van der Waals surface area contributed by atoms with Crippen molar-refractivity contribution in [3.05, 3.63) is 48.0 Å². The second-order valence-corrected chi connectivity index (χ2v) is 6.44. The number of rotatable bonds is 5. The molecule has 3 rings (SSSR count). The number of fused-ring (bicyclic) bond motifs is 3. The zero-order valence-electron chi connectivity index (χ0n) is 14.6. The third-order valence-electron chi connectivity index (χ3n) is 5.09. The molecule has 0 radical (unpaired) electrons. The summed E-state index contributed by atoms with van der Waals surface area (Å²) in [6.07, 6.45) is 0.406. The Morgan fingerprint density at radius 3 is 2.38 bits per heavy atom. The lowest BCUT2D eigenvalue weighted by atomic mass is 9.91. The van der Waals surface area contributed by atoms with Gasteiger partial charge in [0.1, 0.15) is 0 Å². The first-order valence-corrected chi connectivity index (χ1v) is 8.53. The summed E-state index contributed by atoms with van der Waals surface area (Å²) in [5.74, 6) is 0.192. The number of nitrogens with zero attached hydrogens (tertiary/aromatic N) is 1. The first-order chi connectivity index (χ1) is 11.1. The van der Waals surface area contributed by atoms with Gasteiger partial charge in [0.15, 0.2) is 0 Å². The van der Waals surface area contributed by atoms with Crippen molar-refractivity contribution < 1.29 is 5.11 Å². The average molecular weight is 347 g/mol. The van der Waals surface area contributed by atoms with Crippen molar-refractivity contribution >= 4 is 34.2 Å². The molecule has 3 nitrogen and oxygen atoms in total. The van der Waals surface area contributed by atoms with Gasteiger partial charge >= 0.3 is 0 Å². The lowest BCUT2D eigenvalue weighted by Gasteiger charge is -2.24. The van der Waals surface area contributed by atoms with Crippen LogP contribution in [-0.2, 0) is 6.54 Å². The molecule has 130 valence electrons. The number of halogens is 1. The molecule has 4 heteroatoms. The molecule has 0 fully saturated rings. The zero-order valence-corrected chi connectivity index (χ0v) is 15.4. The molecular formula is C20H27ClN2O. The van der Waals surface area contributed by atoms with E-state index in [1.807, 2.05) is 6.92 Å². The molecule has 0 amide bonds. The van der Waals surface area contributed by atoms with Gasteiger partial charge in [0.2, 0.25) is 0 Å². The van der Waals surface area contributed by atoms with Gasteiger partial charge in [-0.05, 0) is 36.6 Å². The highest BCUT2D eigenvalue weighted by atomic mass is 35.5. The lowest BCUT2D eigenvalue weighted by Crippen LogP contribution is -2.31. The number of para-hydroxylation sites is 1. The van der Waals surface area contributed by atoms with Crippen LogP contribution in [0, 0.1) is 5.92 Å². The topological polar surface area (TPSA) is 51.2 Å². The van der Waals surface area contributed by atoms with Gasteiger partial charge in [-0.2, -0.15) is 0 Å². The predicted octanol–water partition coefficient (Wildman–Crippen LogP) is 4.64. The maximum absolute atomic E-state index is 10.4. The van der Waals surface area contributed by atoms with Gasteiger partial charge in [0.25, 0.3) is 0 Å². The van der Waals surface area contributed by atoms with Gasteiger partial charge in [0.05, 0.1) is 12.1 Å². The third kappa shape index (κ3) is 3.04. The molecule has 3 aromatic rings. The summed E-state index contributed by atoms with van der Waals surface area (Å²) in [5.41, 5.74) is 9.81. The maximum atomic E-state index is 10.4. The van der Waals surface area contributed by atoms with Crippen LogP contribution in [0.15, 0.2) is 42.5 Å². The minimum absolute atomic E-state index is 0. The van der Waals surface area contributed by atoms with E-state index in [0.717, 1.165) is 18.5 Å². The summed E-state index contributed by atoms with van der Waals surface area (Å²) in [7, 11) is 0. The Hall–Kier alpha value is -1.55. The van der Waals surface area contributed by atoms with Crippen LogP contribution in [0.25, 0.3) is 21.8 Å². The van der Waals surface area contributed by atoms with Crippen LogP contribution in [0.3, 0.4) is 0 Å². The highest BCUT2D eigenvalue weighted by Gasteiger charge is 2.22. The molecule has 2 aromatic carbocycles. The minimum Gasteiger partial charge on any atom is -0.391 e. The largest absolute Gasteiger partial charge is 0.391 e. The summed E-state index contributed by atoms with van der Waals surface area (Å²) in [4.78, 5) is 0. The summed E-state index contributed by atoms with van der Waals surface area (Å²) in [6.45, 7) is 7.23. The molecule has 1 unspecified atom stereocenters. The molecule has 24 heavy (non-hydrogen) atoms. The Morgan fingerprint density at radius 1 is 1.04 bits per heavy atom. The van der Waals surface area contributed by atoms with Crippen LogP contribution in [0.2, 0.25) is 0 Å². The second kappa shape index (κ2) is 7.56. The van der Waals surface area contributed by atoms with Crippen LogP contribution < -0.4 is 5.73 Å². The number of hydrogen-bond acceptors (Lipinski definition) is 2. The Morgan fingerprint density at radius 2 is 1.71 bits per heavy atom. The maximum Gasteiger partial charge on any atom is 0.0758 e. The van der Waals surface area contributed by atoms with Crippen LogP contribution >= 0.6 is 12.4 Å². The van der Waals surface area contributed by atoms with Gasteiger partial charge < -0.3 is 15.4 Å². The highest BCUT2D eigenvalue weighted by Crippen LogP contribution is 2.32. The third-order valence-corrected chi connectivity index (χ3v) is 5.09. The average Bonchev–Trinajstić information content (AvgIpc) is 2.92. The van der Waals surface area contributed by atoms with Crippen LogP contribution in [0.4, 0.5) is 0 Å². The Kier molecular flexibility index (Phi) is 5.92. The number of hydrogen-bond donors (Lipinski definition) is 2.